The fourth-order valence-electron chi connectivity index (χ4n) is 2.27. The van der Waals surface area contributed by atoms with Gasteiger partial charge in [0.25, 0.3) is 0 Å². The number of aromatic nitrogens is 2. The third kappa shape index (κ3) is 2.90. The van der Waals surface area contributed by atoms with Crippen LogP contribution in [0.5, 0.6) is 5.75 Å². The van der Waals surface area contributed by atoms with Crippen LogP contribution in [0.4, 0.5) is 0 Å². The van der Waals surface area contributed by atoms with Gasteiger partial charge in [-0.1, -0.05) is 24.3 Å². The van der Waals surface area contributed by atoms with E-state index in [0.29, 0.717) is 6.54 Å². The molecule has 3 rings (SSSR count). The van der Waals surface area contributed by atoms with Gasteiger partial charge in [-0.05, 0) is 31.5 Å². The molecule has 0 saturated carbocycles. The fourth-order valence-corrected chi connectivity index (χ4v) is 2.27. The summed E-state index contributed by atoms with van der Waals surface area (Å²) in [6, 6.07) is 14.0. The Kier molecular flexibility index (Phi) is 3.62. The molecule has 0 spiro atoms. The van der Waals surface area contributed by atoms with Crippen molar-refractivity contribution in [3.63, 3.8) is 0 Å². The molecule has 0 aliphatic rings. The lowest BCUT2D eigenvalue weighted by Crippen LogP contribution is -2.05. The van der Waals surface area contributed by atoms with Crippen LogP contribution in [0.1, 0.15) is 19.4 Å². The molecule has 0 radical (unpaired) electrons. The lowest BCUT2D eigenvalue weighted by molar-refractivity contribution is 0.242. The number of fused-ring (bicyclic) bond motifs is 1. The van der Waals surface area contributed by atoms with Crippen molar-refractivity contribution >= 4 is 11.0 Å². The molecule has 0 atom stereocenters. The number of imidazole rings is 1. The number of hydrogen-bond acceptors (Lipinski definition) is 3. The van der Waals surface area contributed by atoms with Gasteiger partial charge in [-0.15, -0.1) is 0 Å². The first-order valence-electron chi connectivity index (χ1n) is 7.11. The number of nitrogens with zero attached hydrogens (tertiary/aromatic N) is 1. The number of hydrogen-bond donors (Lipinski definition) is 2. The highest BCUT2D eigenvalue weighted by Gasteiger charge is 2.07. The highest BCUT2D eigenvalue weighted by atomic mass is 16.5. The summed E-state index contributed by atoms with van der Waals surface area (Å²) in [7, 11) is 0. The third-order valence-electron chi connectivity index (χ3n) is 3.29. The van der Waals surface area contributed by atoms with Gasteiger partial charge in [0.2, 0.25) is 0 Å². The summed E-state index contributed by atoms with van der Waals surface area (Å²) in [5.41, 5.74) is 9.70. The van der Waals surface area contributed by atoms with Crippen LogP contribution in [0, 0.1) is 0 Å². The lowest BCUT2D eigenvalue weighted by Gasteiger charge is -2.08. The molecule has 0 unspecified atom stereocenters. The minimum Gasteiger partial charge on any atom is -0.491 e. The zero-order chi connectivity index (χ0) is 14.8. The summed E-state index contributed by atoms with van der Waals surface area (Å²) in [6.45, 7) is 4.58. The first kappa shape index (κ1) is 13.6. The molecule has 3 N–H and O–H groups in total. The Morgan fingerprint density at radius 3 is 2.57 bits per heavy atom. The highest BCUT2D eigenvalue weighted by molar-refractivity contribution is 5.80. The Balaban J connectivity index is 1.95. The molecule has 0 fully saturated rings. The van der Waals surface area contributed by atoms with Gasteiger partial charge in [0, 0.05) is 18.2 Å². The topological polar surface area (TPSA) is 63.9 Å². The van der Waals surface area contributed by atoms with Crippen LogP contribution in [-0.2, 0) is 6.54 Å². The second kappa shape index (κ2) is 5.58. The van der Waals surface area contributed by atoms with Crippen LogP contribution < -0.4 is 10.5 Å². The molecule has 1 aromatic heterocycles. The summed E-state index contributed by atoms with van der Waals surface area (Å²) in [4.78, 5) is 7.96. The largest absolute Gasteiger partial charge is 0.491 e. The molecule has 0 saturated heterocycles. The monoisotopic (exact) mass is 281 g/mol. The molecule has 3 aromatic rings. The predicted octanol–water partition coefficient (Wildman–Crippen LogP) is 3.48. The van der Waals surface area contributed by atoms with E-state index in [1.54, 1.807) is 0 Å². The van der Waals surface area contributed by atoms with Gasteiger partial charge in [0.05, 0.1) is 17.1 Å². The van der Waals surface area contributed by atoms with Crippen LogP contribution >= 0.6 is 0 Å². The van der Waals surface area contributed by atoms with E-state index in [1.165, 1.54) is 0 Å². The smallest absolute Gasteiger partial charge is 0.138 e. The second-order valence-corrected chi connectivity index (χ2v) is 5.33. The van der Waals surface area contributed by atoms with E-state index < -0.39 is 0 Å². The molecule has 1 heterocycles. The SMILES string of the molecule is CC(C)Oc1ccc2nc(-c3ccc(CN)cc3)[nH]c2c1. The predicted molar refractivity (Wildman–Crippen MR) is 85.2 cm³/mol. The van der Waals surface area contributed by atoms with E-state index in [1.807, 2.05) is 56.3 Å². The Bertz CT molecular complexity index is 744. The van der Waals surface area contributed by atoms with Gasteiger partial charge >= 0.3 is 0 Å². The maximum Gasteiger partial charge on any atom is 0.138 e. The zero-order valence-electron chi connectivity index (χ0n) is 12.3. The van der Waals surface area contributed by atoms with E-state index in [2.05, 4.69) is 9.97 Å². The summed E-state index contributed by atoms with van der Waals surface area (Å²) >= 11 is 0. The van der Waals surface area contributed by atoms with Gasteiger partial charge in [0.15, 0.2) is 0 Å². The molecule has 2 aromatic carbocycles. The van der Waals surface area contributed by atoms with E-state index in [9.17, 15) is 0 Å². The third-order valence-corrected chi connectivity index (χ3v) is 3.29. The maximum atomic E-state index is 5.71. The Morgan fingerprint density at radius 2 is 1.90 bits per heavy atom. The fraction of sp³-hybridized carbons (Fsp3) is 0.235. The second-order valence-electron chi connectivity index (χ2n) is 5.33. The van der Waals surface area contributed by atoms with Crippen LogP contribution in [-0.4, -0.2) is 16.1 Å². The van der Waals surface area contributed by atoms with Crippen molar-refractivity contribution < 1.29 is 4.74 Å². The molecule has 0 aliphatic heterocycles. The Morgan fingerprint density at radius 1 is 1.14 bits per heavy atom. The van der Waals surface area contributed by atoms with E-state index in [0.717, 1.165) is 33.7 Å². The quantitative estimate of drug-likeness (QED) is 0.769. The number of ether oxygens (including phenoxy) is 1. The maximum absolute atomic E-state index is 5.71. The van der Waals surface area contributed by atoms with Crippen molar-refractivity contribution in [3.8, 4) is 17.1 Å². The minimum atomic E-state index is 0.161. The number of aromatic amines is 1. The van der Waals surface area contributed by atoms with Crippen molar-refractivity contribution in [3.05, 3.63) is 48.0 Å². The van der Waals surface area contributed by atoms with Crippen molar-refractivity contribution in [2.24, 2.45) is 5.73 Å². The molecule has 21 heavy (non-hydrogen) atoms. The van der Waals surface area contributed by atoms with Gasteiger partial charge in [0.1, 0.15) is 11.6 Å². The molecule has 4 nitrogen and oxygen atoms in total. The molecule has 4 heteroatoms. The number of nitrogens with two attached hydrogens (primary N) is 1. The molecule has 0 aliphatic carbocycles. The minimum absolute atomic E-state index is 0.161. The van der Waals surface area contributed by atoms with Crippen LogP contribution in [0.2, 0.25) is 0 Å². The number of nitrogens with one attached hydrogen (secondary N) is 1. The number of H-pyrrole nitrogens is 1. The van der Waals surface area contributed by atoms with Crippen LogP contribution in [0.3, 0.4) is 0 Å². The van der Waals surface area contributed by atoms with Gasteiger partial charge < -0.3 is 15.5 Å². The van der Waals surface area contributed by atoms with Crippen LogP contribution in [0.15, 0.2) is 42.5 Å². The summed E-state index contributed by atoms with van der Waals surface area (Å²) in [5, 5.41) is 0. The van der Waals surface area contributed by atoms with Crippen LogP contribution in [0.25, 0.3) is 22.4 Å². The Labute approximate surface area is 124 Å². The highest BCUT2D eigenvalue weighted by Crippen LogP contribution is 2.24. The van der Waals surface area contributed by atoms with Gasteiger partial charge in [-0.25, -0.2) is 4.98 Å². The van der Waals surface area contributed by atoms with E-state index >= 15 is 0 Å². The first-order valence-corrected chi connectivity index (χ1v) is 7.11. The van der Waals surface area contributed by atoms with Crippen molar-refractivity contribution in [1.29, 1.82) is 0 Å². The lowest BCUT2D eigenvalue weighted by atomic mass is 10.1. The normalized spacial score (nSPS) is 11.2. The average Bonchev–Trinajstić information content (AvgIpc) is 2.90. The van der Waals surface area contributed by atoms with Crippen molar-refractivity contribution in [2.45, 2.75) is 26.5 Å². The summed E-state index contributed by atoms with van der Waals surface area (Å²) in [6.07, 6.45) is 0.161. The van der Waals surface area contributed by atoms with Crippen molar-refractivity contribution in [1.82, 2.24) is 9.97 Å². The number of benzene rings is 2. The Hall–Kier alpha value is -2.33. The van der Waals surface area contributed by atoms with Crippen molar-refractivity contribution in [2.75, 3.05) is 0 Å². The van der Waals surface area contributed by atoms with Gasteiger partial charge in [-0.3, -0.25) is 0 Å². The zero-order valence-corrected chi connectivity index (χ0v) is 12.3. The molecule has 0 bridgehead atoms. The molecule has 0 amide bonds. The molecular formula is C17H19N3O. The summed E-state index contributed by atoms with van der Waals surface area (Å²) < 4.78 is 5.71. The van der Waals surface area contributed by atoms with Gasteiger partial charge in [-0.2, -0.15) is 0 Å². The van der Waals surface area contributed by atoms with E-state index in [-0.39, 0.29) is 6.10 Å². The molecular weight excluding hydrogens is 262 g/mol. The van der Waals surface area contributed by atoms with E-state index in [4.69, 9.17) is 10.5 Å². The first-order chi connectivity index (χ1) is 10.2. The summed E-state index contributed by atoms with van der Waals surface area (Å²) in [5.74, 6) is 1.71. The number of rotatable bonds is 4. The standard InChI is InChI=1S/C17H19N3O/c1-11(2)21-14-7-8-15-16(9-14)20-17(19-15)13-5-3-12(10-18)4-6-13/h3-9,11H,10,18H2,1-2H3,(H,19,20). The average molecular weight is 281 g/mol. The molecule has 108 valence electrons.